The summed E-state index contributed by atoms with van der Waals surface area (Å²) in [5.41, 5.74) is 4.49. The monoisotopic (exact) mass is 471 g/mol. The third-order valence-electron chi connectivity index (χ3n) is 6.89. The maximum absolute atomic E-state index is 13.4. The van der Waals surface area contributed by atoms with Gasteiger partial charge in [0.2, 0.25) is 0 Å². The molecule has 3 aromatic carbocycles. The summed E-state index contributed by atoms with van der Waals surface area (Å²) < 4.78 is 22.2. The van der Waals surface area contributed by atoms with E-state index in [1.807, 2.05) is 53.4 Å². The molecule has 2 heterocycles. The highest BCUT2D eigenvalue weighted by Crippen LogP contribution is 2.48. The second-order valence-corrected chi connectivity index (χ2v) is 8.73. The number of para-hydroxylation sites is 1. The van der Waals surface area contributed by atoms with Crippen LogP contribution in [0, 0.1) is 0 Å². The summed E-state index contributed by atoms with van der Waals surface area (Å²) in [7, 11) is 4.93. The highest BCUT2D eigenvalue weighted by atomic mass is 16.6. The maximum atomic E-state index is 13.4. The van der Waals surface area contributed by atoms with E-state index in [-0.39, 0.29) is 18.2 Å². The van der Waals surface area contributed by atoms with Gasteiger partial charge in [-0.05, 0) is 77.9 Å². The van der Waals surface area contributed by atoms with Gasteiger partial charge in [0.25, 0.3) is 0 Å². The number of fused-ring (bicyclic) bond motifs is 2. The van der Waals surface area contributed by atoms with Crippen molar-refractivity contribution >= 4 is 17.2 Å². The van der Waals surface area contributed by atoms with Gasteiger partial charge in [0, 0.05) is 6.04 Å². The Kier molecular flexibility index (Phi) is 6.36. The quantitative estimate of drug-likeness (QED) is 0.437. The van der Waals surface area contributed by atoms with E-state index >= 15 is 0 Å². The van der Waals surface area contributed by atoms with Crippen LogP contribution in [0.1, 0.15) is 30.4 Å². The lowest BCUT2D eigenvalue weighted by Crippen LogP contribution is -2.46. The first-order chi connectivity index (χ1) is 17.1. The first-order valence-electron chi connectivity index (χ1n) is 11.8. The van der Waals surface area contributed by atoms with Gasteiger partial charge in [-0.1, -0.05) is 36.4 Å². The Hall–Kier alpha value is -3.93. The second kappa shape index (κ2) is 9.74. The Morgan fingerprint density at radius 3 is 2.17 bits per heavy atom. The Bertz CT molecular complexity index is 1240. The fourth-order valence-corrected chi connectivity index (χ4v) is 5.27. The van der Waals surface area contributed by atoms with Crippen molar-refractivity contribution in [1.82, 2.24) is 4.90 Å². The van der Waals surface area contributed by atoms with Crippen LogP contribution in [-0.4, -0.2) is 44.4 Å². The number of benzene rings is 3. The van der Waals surface area contributed by atoms with E-state index in [1.165, 1.54) is 5.57 Å². The maximum Gasteiger partial charge on any atom is 0.416 e. The number of carbonyl (C=O) groups excluding carboxylic acids is 1. The van der Waals surface area contributed by atoms with E-state index in [0.29, 0.717) is 17.2 Å². The number of methoxy groups -OCH3 is 3. The molecule has 0 unspecified atom stereocenters. The van der Waals surface area contributed by atoms with E-state index in [9.17, 15) is 4.79 Å². The van der Waals surface area contributed by atoms with Crippen LogP contribution in [0.25, 0.3) is 11.1 Å². The molecule has 2 atom stereocenters. The molecule has 180 valence electrons. The molecular weight excluding hydrogens is 442 g/mol. The zero-order valence-corrected chi connectivity index (χ0v) is 20.2. The Labute approximate surface area is 205 Å². The highest BCUT2D eigenvalue weighted by Gasteiger charge is 2.45. The molecule has 1 saturated heterocycles. The van der Waals surface area contributed by atoms with Gasteiger partial charge in [-0.2, -0.15) is 0 Å². The van der Waals surface area contributed by atoms with Gasteiger partial charge in [-0.15, -0.1) is 0 Å². The minimum Gasteiger partial charge on any atom is -0.497 e. The van der Waals surface area contributed by atoms with Crippen LogP contribution >= 0.6 is 0 Å². The highest BCUT2D eigenvalue weighted by molar-refractivity contribution is 5.97. The third-order valence-corrected chi connectivity index (χ3v) is 6.89. The smallest absolute Gasteiger partial charge is 0.416 e. The number of hydrogen-bond donors (Lipinski definition) is 0. The van der Waals surface area contributed by atoms with Crippen molar-refractivity contribution in [3.05, 3.63) is 83.9 Å². The molecule has 5 rings (SSSR count). The molecule has 1 amide bonds. The summed E-state index contributed by atoms with van der Waals surface area (Å²) in [6.07, 6.45) is 2.23. The van der Waals surface area contributed by atoms with E-state index < -0.39 is 0 Å². The largest absolute Gasteiger partial charge is 0.497 e. The van der Waals surface area contributed by atoms with Gasteiger partial charge < -0.3 is 18.9 Å². The van der Waals surface area contributed by atoms with Gasteiger partial charge >= 0.3 is 6.09 Å². The van der Waals surface area contributed by atoms with Crippen molar-refractivity contribution in [1.29, 1.82) is 0 Å². The summed E-state index contributed by atoms with van der Waals surface area (Å²) in [6, 6.07) is 23.3. The summed E-state index contributed by atoms with van der Waals surface area (Å²) in [6.45, 7) is 0. The molecule has 0 spiro atoms. The van der Waals surface area contributed by atoms with Crippen LogP contribution in [0.15, 0.2) is 72.8 Å². The van der Waals surface area contributed by atoms with Crippen molar-refractivity contribution in [3.8, 4) is 23.0 Å². The van der Waals surface area contributed by atoms with Crippen molar-refractivity contribution < 1.29 is 23.7 Å². The molecule has 35 heavy (non-hydrogen) atoms. The Morgan fingerprint density at radius 2 is 1.49 bits per heavy atom. The zero-order valence-electron chi connectivity index (χ0n) is 20.2. The lowest BCUT2D eigenvalue weighted by Gasteiger charge is -2.37. The fourth-order valence-electron chi connectivity index (χ4n) is 5.27. The van der Waals surface area contributed by atoms with Gasteiger partial charge in [0.05, 0.1) is 27.4 Å². The Morgan fingerprint density at radius 1 is 0.771 bits per heavy atom. The summed E-state index contributed by atoms with van der Waals surface area (Å²) in [4.78, 5) is 15.3. The zero-order chi connectivity index (χ0) is 24.4. The van der Waals surface area contributed by atoms with E-state index in [2.05, 4.69) is 12.1 Å². The summed E-state index contributed by atoms with van der Waals surface area (Å²) in [5.74, 6) is 2.69. The number of hydrogen-bond acceptors (Lipinski definition) is 5. The molecule has 6 nitrogen and oxygen atoms in total. The fraction of sp³-hybridized carbons (Fsp3) is 0.276. The summed E-state index contributed by atoms with van der Waals surface area (Å²) >= 11 is 0. The van der Waals surface area contributed by atoms with E-state index in [1.54, 1.807) is 33.5 Å². The van der Waals surface area contributed by atoms with Crippen LogP contribution in [-0.2, 0) is 0 Å². The van der Waals surface area contributed by atoms with Gasteiger partial charge in [0.15, 0.2) is 11.5 Å². The molecule has 0 radical (unpaired) electrons. The predicted octanol–water partition coefficient (Wildman–Crippen LogP) is 6.06. The Balaban J connectivity index is 1.59. The predicted molar refractivity (Wildman–Crippen MR) is 135 cm³/mol. The lowest BCUT2D eigenvalue weighted by atomic mass is 9.84. The molecule has 0 saturated carbocycles. The topological polar surface area (TPSA) is 57.2 Å². The molecular formula is C29H29NO5. The van der Waals surface area contributed by atoms with Gasteiger partial charge in [0.1, 0.15) is 11.5 Å². The molecule has 2 aliphatic rings. The van der Waals surface area contributed by atoms with Crippen LogP contribution in [0.5, 0.6) is 23.0 Å². The average molecular weight is 472 g/mol. The first-order valence-corrected chi connectivity index (χ1v) is 11.8. The third kappa shape index (κ3) is 4.32. The van der Waals surface area contributed by atoms with Crippen LogP contribution in [0.3, 0.4) is 0 Å². The number of rotatable bonds is 6. The van der Waals surface area contributed by atoms with Crippen LogP contribution in [0.4, 0.5) is 4.79 Å². The normalized spacial score (nSPS) is 18.9. The standard InChI is InChI=1S/C29H29NO5/c1-32-22-13-9-19(10-14-22)24-18-21-12-15-25(30(21)29(31)35-23-7-5-4-6-8-23)28(24)20-11-16-26(33-2)27(17-20)34-3/h4-11,13-14,16-17,21,25H,12,15,18H2,1-3H3/t21-,25+/m0/s1. The summed E-state index contributed by atoms with van der Waals surface area (Å²) in [5, 5.41) is 0. The van der Waals surface area contributed by atoms with Crippen molar-refractivity contribution in [2.45, 2.75) is 31.3 Å². The number of amides is 1. The molecule has 0 aromatic heterocycles. The van der Waals surface area contributed by atoms with Crippen molar-refractivity contribution in [3.63, 3.8) is 0 Å². The second-order valence-electron chi connectivity index (χ2n) is 8.73. The SMILES string of the molecule is COc1ccc(C2=C(c3ccc(OC)c(OC)c3)[C@H]3CC[C@@H](C2)N3C(=O)Oc2ccccc2)cc1. The number of ether oxygens (including phenoxy) is 4. The minimum absolute atomic E-state index is 0.0807. The molecule has 2 bridgehead atoms. The van der Waals surface area contributed by atoms with Gasteiger partial charge in [-0.3, -0.25) is 4.90 Å². The molecule has 1 fully saturated rings. The van der Waals surface area contributed by atoms with Crippen LogP contribution < -0.4 is 18.9 Å². The lowest BCUT2D eigenvalue weighted by molar-refractivity contribution is 0.137. The van der Waals surface area contributed by atoms with Crippen molar-refractivity contribution in [2.24, 2.45) is 0 Å². The van der Waals surface area contributed by atoms with Gasteiger partial charge in [-0.25, -0.2) is 4.79 Å². The van der Waals surface area contributed by atoms with Crippen molar-refractivity contribution in [2.75, 3.05) is 21.3 Å². The van der Waals surface area contributed by atoms with E-state index in [0.717, 1.165) is 41.7 Å². The minimum atomic E-state index is -0.310. The molecule has 0 N–H and O–H groups in total. The van der Waals surface area contributed by atoms with Crippen LogP contribution in [0.2, 0.25) is 0 Å². The molecule has 3 aromatic rings. The molecule has 6 heteroatoms. The number of carbonyl (C=O) groups is 1. The molecule has 0 aliphatic carbocycles. The van der Waals surface area contributed by atoms with E-state index in [4.69, 9.17) is 18.9 Å². The average Bonchev–Trinajstić information content (AvgIpc) is 3.22. The number of nitrogens with zero attached hydrogens (tertiary/aromatic N) is 1. The first kappa shape index (κ1) is 22.8. The molecule has 2 aliphatic heterocycles.